The Morgan fingerprint density at radius 2 is 2.17 bits per heavy atom. The summed E-state index contributed by atoms with van der Waals surface area (Å²) in [5, 5.41) is 8.67. The molecule has 5 nitrogen and oxygen atoms in total. The quantitative estimate of drug-likeness (QED) is 0.850. The van der Waals surface area contributed by atoms with Crippen LogP contribution in [0.15, 0.2) is 12.1 Å². The van der Waals surface area contributed by atoms with Crippen LogP contribution in [0.4, 0.5) is 0 Å². The first-order valence-electron chi connectivity index (χ1n) is 5.96. The molecule has 5 heteroatoms. The Bertz CT molecular complexity index is 459. The maximum absolute atomic E-state index is 10.6. The topological polar surface area (TPSA) is 81.8 Å². The first kappa shape index (κ1) is 12.7. The van der Waals surface area contributed by atoms with Crippen LogP contribution in [-0.2, 0) is 4.79 Å². The number of carbonyl (C=O) groups is 1. The molecule has 1 aliphatic rings. The zero-order valence-electron chi connectivity index (χ0n) is 10.3. The van der Waals surface area contributed by atoms with Gasteiger partial charge in [-0.25, -0.2) is 0 Å². The van der Waals surface area contributed by atoms with Gasteiger partial charge in [0.15, 0.2) is 11.5 Å². The molecule has 0 fully saturated rings. The summed E-state index contributed by atoms with van der Waals surface area (Å²) >= 11 is 0. The first-order valence-corrected chi connectivity index (χ1v) is 5.96. The van der Waals surface area contributed by atoms with Crippen molar-refractivity contribution in [1.82, 2.24) is 0 Å². The van der Waals surface area contributed by atoms with E-state index in [4.69, 9.17) is 20.3 Å². The number of hydrogen-bond donors (Lipinski definition) is 2. The van der Waals surface area contributed by atoms with Gasteiger partial charge < -0.3 is 20.3 Å². The van der Waals surface area contributed by atoms with Crippen molar-refractivity contribution in [1.29, 1.82) is 0 Å². The fraction of sp³-hybridized carbons (Fsp3) is 0.462. The minimum absolute atomic E-state index is 0.0645. The number of benzene rings is 1. The average molecular weight is 251 g/mol. The van der Waals surface area contributed by atoms with Crippen LogP contribution in [0.2, 0.25) is 0 Å². The summed E-state index contributed by atoms with van der Waals surface area (Å²) in [7, 11) is 0. The van der Waals surface area contributed by atoms with E-state index in [1.54, 1.807) is 0 Å². The second-order valence-corrected chi connectivity index (χ2v) is 4.34. The minimum Gasteiger partial charge on any atom is -0.486 e. The van der Waals surface area contributed by atoms with Crippen molar-refractivity contribution in [2.75, 3.05) is 13.2 Å². The van der Waals surface area contributed by atoms with Crippen molar-refractivity contribution < 1.29 is 19.4 Å². The van der Waals surface area contributed by atoms with E-state index >= 15 is 0 Å². The third-order valence-electron chi connectivity index (χ3n) is 3.07. The van der Waals surface area contributed by atoms with Crippen LogP contribution in [0.3, 0.4) is 0 Å². The van der Waals surface area contributed by atoms with Gasteiger partial charge in [0.1, 0.15) is 13.2 Å². The molecule has 0 aromatic heterocycles. The Hall–Kier alpha value is -1.75. The second-order valence-electron chi connectivity index (χ2n) is 4.34. The summed E-state index contributed by atoms with van der Waals surface area (Å²) in [5.74, 6) is 0.623. The number of fused-ring (bicyclic) bond motifs is 1. The van der Waals surface area contributed by atoms with Crippen molar-refractivity contribution in [3.63, 3.8) is 0 Å². The summed E-state index contributed by atoms with van der Waals surface area (Å²) in [4.78, 5) is 10.6. The molecule has 0 amide bonds. The van der Waals surface area contributed by atoms with Crippen molar-refractivity contribution in [3.8, 4) is 11.5 Å². The molecule has 1 aromatic carbocycles. The van der Waals surface area contributed by atoms with Gasteiger partial charge in [0, 0.05) is 12.5 Å². The predicted octanol–water partition coefficient (Wildman–Crippen LogP) is 1.63. The van der Waals surface area contributed by atoms with E-state index < -0.39 is 5.97 Å². The lowest BCUT2D eigenvalue weighted by Gasteiger charge is -2.23. The van der Waals surface area contributed by atoms with E-state index in [-0.39, 0.29) is 12.5 Å². The zero-order chi connectivity index (χ0) is 13.1. The Balaban J connectivity index is 2.20. The van der Waals surface area contributed by atoms with Gasteiger partial charge in [-0.05, 0) is 30.5 Å². The summed E-state index contributed by atoms with van der Waals surface area (Å²) < 4.78 is 11.1. The van der Waals surface area contributed by atoms with Gasteiger partial charge in [0.05, 0.1) is 0 Å². The summed E-state index contributed by atoms with van der Waals surface area (Å²) in [6.45, 7) is 3.00. The Kier molecular flexibility index (Phi) is 3.72. The number of ether oxygens (including phenoxy) is 2. The summed E-state index contributed by atoms with van der Waals surface area (Å²) in [6.07, 6.45) is 0.477. The molecule has 0 radical (unpaired) electrons. The largest absolute Gasteiger partial charge is 0.486 e. The molecule has 3 N–H and O–H groups in total. The fourth-order valence-corrected chi connectivity index (χ4v) is 2.11. The lowest BCUT2D eigenvalue weighted by Crippen LogP contribution is -2.19. The van der Waals surface area contributed by atoms with Gasteiger partial charge in [-0.2, -0.15) is 0 Å². The van der Waals surface area contributed by atoms with E-state index in [0.717, 1.165) is 22.6 Å². The van der Waals surface area contributed by atoms with Crippen LogP contribution in [0, 0.1) is 6.92 Å². The fourth-order valence-electron chi connectivity index (χ4n) is 2.11. The van der Waals surface area contributed by atoms with Gasteiger partial charge in [0.2, 0.25) is 0 Å². The molecule has 1 aliphatic heterocycles. The number of rotatable bonds is 4. The average Bonchev–Trinajstić information content (AvgIpc) is 2.37. The van der Waals surface area contributed by atoms with Gasteiger partial charge >= 0.3 is 5.97 Å². The minimum atomic E-state index is -0.833. The van der Waals surface area contributed by atoms with E-state index in [1.807, 2.05) is 19.1 Å². The standard InChI is InChI=1S/C13H17NO4/c1-8-9(10(14)3-5-12(15)16)2-4-11-13(8)18-7-6-17-11/h2,4,10H,3,5-7,14H2,1H3,(H,15,16). The third-order valence-corrected chi connectivity index (χ3v) is 3.07. The van der Waals surface area contributed by atoms with E-state index in [0.29, 0.717) is 19.6 Å². The van der Waals surface area contributed by atoms with Crippen LogP contribution in [0.25, 0.3) is 0 Å². The van der Waals surface area contributed by atoms with Crippen molar-refractivity contribution in [3.05, 3.63) is 23.3 Å². The summed E-state index contributed by atoms with van der Waals surface area (Å²) in [6, 6.07) is 3.42. The molecule has 0 bridgehead atoms. The predicted molar refractivity (Wildman–Crippen MR) is 66.0 cm³/mol. The Morgan fingerprint density at radius 1 is 1.44 bits per heavy atom. The third kappa shape index (κ3) is 2.56. The zero-order valence-corrected chi connectivity index (χ0v) is 10.3. The normalized spacial score (nSPS) is 15.2. The molecule has 1 aromatic rings. The molecule has 0 aliphatic carbocycles. The van der Waals surface area contributed by atoms with Crippen LogP contribution < -0.4 is 15.2 Å². The number of carboxylic acids is 1. The van der Waals surface area contributed by atoms with E-state index in [9.17, 15) is 4.79 Å². The summed E-state index contributed by atoms with van der Waals surface area (Å²) in [5.41, 5.74) is 7.87. The van der Waals surface area contributed by atoms with Crippen LogP contribution in [-0.4, -0.2) is 24.3 Å². The SMILES string of the molecule is Cc1c(C(N)CCC(=O)O)ccc2c1OCCO2. The molecule has 0 saturated carbocycles. The molecule has 1 unspecified atom stereocenters. The molecule has 0 spiro atoms. The Morgan fingerprint density at radius 3 is 2.89 bits per heavy atom. The van der Waals surface area contributed by atoms with Gasteiger partial charge in [0.25, 0.3) is 0 Å². The van der Waals surface area contributed by atoms with Crippen molar-refractivity contribution in [2.45, 2.75) is 25.8 Å². The first-order chi connectivity index (χ1) is 8.59. The van der Waals surface area contributed by atoms with Gasteiger partial charge in [-0.1, -0.05) is 6.07 Å². The van der Waals surface area contributed by atoms with Gasteiger partial charge in [-0.15, -0.1) is 0 Å². The molecule has 2 rings (SSSR count). The van der Waals surface area contributed by atoms with Crippen LogP contribution in [0.5, 0.6) is 11.5 Å². The number of nitrogens with two attached hydrogens (primary N) is 1. The Labute approximate surface area is 106 Å². The van der Waals surface area contributed by atoms with Crippen LogP contribution >= 0.6 is 0 Å². The highest BCUT2D eigenvalue weighted by molar-refractivity contribution is 5.66. The molecule has 98 valence electrons. The lowest BCUT2D eigenvalue weighted by molar-refractivity contribution is -0.137. The molecule has 0 saturated heterocycles. The molecular formula is C13H17NO4. The molecule has 18 heavy (non-hydrogen) atoms. The smallest absolute Gasteiger partial charge is 0.303 e. The van der Waals surface area contributed by atoms with E-state index in [2.05, 4.69) is 0 Å². The van der Waals surface area contributed by atoms with Crippen molar-refractivity contribution in [2.24, 2.45) is 5.73 Å². The second kappa shape index (κ2) is 5.27. The molecule has 1 atom stereocenters. The molecule has 1 heterocycles. The highest BCUT2D eigenvalue weighted by Gasteiger charge is 2.19. The maximum atomic E-state index is 10.6. The van der Waals surface area contributed by atoms with Crippen LogP contribution in [0.1, 0.15) is 30.0 Å². The monoisotopic (exact) mass is 251 g/mol. The lowest BCUT2D eigenvalue weighted by atomic mass is 9.97. The number of carboxylic acid groups (broad SMARTS) is 1. The number of aliphatic carboxylic acids is 1. The van der Waals surface area contributed by atoms with Crippen molar-refractivity contribution >= 4 is 5.97 Å². The highest BCUT2D eigenvalue weighted by Crippen LogP contribution is 2.37. The highest BCUT2D eigenvalue weighted by atomic mass is 16.6. The van der Waals surface area contributed by atoms with Gasteiger partial charge in [-0.3, -0.25) is 4.79 Å². The van der Waals surface area contributed by atoms with E-state index in [1.165, 1.54) is 0 Å². The number of hydrogen-bond acceptors (Lipinski definition) is 4. The maximum Gasteiger partial charge on any atom is 0.303 e. The molecular weight excluding hydrogens is 234 g/mol.